The summed E-state index contributed by atoms with van der Waals surface area (Å²) >= 11 is 0. The molecule has 4 heteroatoms. The molecule has 0 atom stereocenters. The van der Waals surface area contributed by atoms with Crippen molar-refractivity contribution in [3.8, 4) is 11.5 Å². The van der Waals surface area contributed by atoms with Crippen LogP contribution < -0.4 is 9.47 Å². The molecule has 1 aromatic rings. The van der Waals surface area contributed by atoms with Crippen molar-refractivity contribution in [1.29, 1.82) is 0 Å². The summed E-state index contributed by atoms with van der Waals surface area (Å²) in [6.07, 6.45) is 6.65. The standard InChI is InChI=1S/C17H20O4/c1-12(10-17(18)19)6-5-7-13(2)14-8-9-15(20-3)16(11-14)21-4/h5-11H,1-4H3,(H,18,19). The minimum absolute atomic E-state index is 0.675. The molecule has 0 saturated carbocycles. The van der Waals surface area contributed by atoms with Gasteiger partial charge in [0.15, 0.2) is 11.5 Å². The van der Waals surface area contributed by atoms with Crippen LogP contribution in [0.3, 0.4) is 0 Å². The third kappa shape index (κ3) is 5.18. The lowest BCUT2D eigenvalue weighted by molar-refractivity contribution is -0.131. The highest BCUT2D eigenvalue weighted by molar-refractivity contribution is 5.81. The van der Waals surface area contributed by atoms with Gasteiger partial charge in [-0.1, -0.05) is 24.3 Å². The summed E-state index contributed by atoms with van der Waals surface area (Å²) in [7, 11) is 3.20. The third-order valence-corrected chi connectivity index (χ3v) is 2.90. The Morgan fingerprint density at radius 3 is 2.38 bits per heavy atom. The third-order valence-electron chi connectivity index (χ3n) is 2.90. The second-order valence-corrected chi connectivity index (χ2v) is 4.51. The first-order chi connectivity index (χ1) is 9.97. The fraction of sp³-hybridized carbons (Fsp3) is 0.235. The second kappa shape index (κ2) is 7.94. The van der Waals surface area contributed by atoms with Crippen LogP contribution in [0.1, 0.15) is 19.4 Å². The van der Waals surface area contributed by atoms with Crippen molar-refractivity contribution in [2.45, 2.75) is 13.8 Å². The van der Waals surface area contributed by atoms with Crippen LogP contribution in [0.25, 0.3) is 5.57 Å². The van der Waals surface area contributed by atoms with Crippen molar-refractivity contribution >= 4 is 11.5 Å². The zero-order valence-corrected chi connectivity index (χ0v) is 12.7. The molecule has 112 valence electrons. The van der Waals surface area contributed by atoms with E-state index in [1.54, 1.807) is 27.2 Å². The molecule has 0 radical (unpaired) electrons. The molecule has 0 aromatic heterocycles. The van der Waals surface area contributed by atoms with Gasteiger partial charge in [-0.3, -0.25) is 0 Å². The van der Waals surface area contributed by atoms with Gasteiger partial charge < -0.3 is 14.6 Å². The maximum Gasteiger partial charge on any atom is 0.328 e. The van der Waals surface area contributed by atoms with Gasteiger partial charge in [-0.15, -0.1) is 0 Å². The van der Waals surface area contributed by atoms with Gasteiger partial charge in [0.2, 0.25) is 0 Å². The Balaban J connectivity index is 2.93. The molecule has 0 fully saturated rings. The van der Waals surface area contributed by atoms with Gasteiger partial charge in [0.25, 0.3) is 0 Å². The summed E-state index contributed by atoms with van der Waals surface area (Å²) in [6, 6.07) is 5.70. The van der Waals surface area contributed by atoms with Gasteiger partial charge in [0.1, 0.15) is 0 Å². The highest BCUT2D eigenvalue weighted by atomic mass is 16.5. The Kier molecular flexibility index (Phi) is 6.27. The van der Waals surface area contributed by atoms with Gasteiger partial charge in [-0.2, -0.15) is 0 Å². The average Bonchev–Trinajstić information content (AvgIpc) is 2.45. The van der Waals surface area contributed by atoms with Crippen LogP contribution in [0.15, 0.2) is 48.1 Å². The molecule has 0 amide bonds. The fourth-order valence-electron chi connectivity index (χ4n) is 1.76. The van der Waals surface area contributed by atoms with Gasteiger partial charge in [0.05, 0.1) is 14.2 Å². The summed E-state index contributed by atoms with van der Waals surface area (Å²) < 4.78 is 10.5. The van der Waals surface area contributed by atoms with Crippen molar-refractivity contribution in [2.24, 2.45) is 0 Å². The van der Waals surface area contributed by atoms with E-state index in [4.69, 9.17) is 14.6 Å². The summed E-state index contributed by atoms with van der Waals surface area (Å²) in [5.74, 6) is 0.413. The monoisotopic (exact) mass is 288 g/mol. The fourth-order valence-corrected chi connectivity index (χ4v) is 1.76. The minimum atomic E-state index is -0.947. The van der Waals surface area contributed by atoms with E-state index in [-0.39, 0.29) is 0 Å². The molecule has 1 N–H and O–H groups in total. The number of methoxy groups -OCH3 is 2. The Bertz CT molecular complexity index is 595. The second-order valence-electron chi connectivity index (χ2n) is 4.51. The number of hydrogen-bond donors (Lipinski definition) is 1. The lowest BCUT2D eigenvalue weighted by Crippen LogP contribution is -1.91. The van der Waals surface area contributed by atoms with Crippen LogP contribution in [-0.4, -0.2) is 25.3 Å². The summed E-state index contributed by atoms with van der Waals surface area (Å²) in [4.78, 5) is 10.5. The topological polar surface area (TPSA) is 55.8 Å². The molecule has 0 bridgehead atoms. The van der Waals surface area contributed by atoms with Crippen LogP contribution in [0.5, 0.6) is 11.5 Å². The molecule has 0 aliphatic carbocycles. The largest absolute Gasteiger partial charge is 0.493 e. The van der Waals surface area contributed by atoms with Crippen molar-refractivity contribution < 1.29 is 19.4 Å². The molecule has 0 aliphatic rings. The predicted molar refractivity (Wildman–Crippen MR) is 83.7 cm³/mol. The van der Waals surface area contributed by atoms with Crippen LogP contribution >= 0.6 is 0 Å². The molecule has 1 rings (SSSR count). The van der Waals surface area contributed by atoms with E-state index < -0.39 is 5.97 Å². The molecule has 0 saturated heterocycles. The molecule has 0 spiro atoms. The lowest BCUT2D eigenvalue weighted by atomic mass is 10.1. The number of allylic oxidation sites excluding steroid dienone is 5. The van der Waals surface area contributed by atoms with E-state index in [1.807, 2.05) is 37.3 Å². The van der Waals surface area contributed by atoms with Crippen LogP contribution in [0, 0.1) is 0 Å². The molecular weight excluding hydrogens is 268 g/mol. The lowest BCUT2D eigenvalue weighted by Gasteiger charge is -2.09. The number of carboxylic acid groups (broad SMARTS) is 1. The zero-order chi connectivity index (χ0) is 15.8. The van der Waals surface area contributed by atoms with Crippen molar-refractivity contribution in [2.75, 3.05) is 14.2 Å². The molecule has 4 nitrogen and oxygen atoms in total. The maximum absolute atomic E-state index is 10.5. The SMILES string of the molecule is COc1ccc(C(C)=CC=CC(C)=CC(=O)O)cc1OC. The number of benzene rings is 1. The molecular formula is C17H20O4. The van der Waals surface area contributed by atoms with Gasteiger partial charge in [-0.25, -0.2) is 4.79 Å². The Morgan fingerprint density at radius 2 is 1.81 bits per heavy atom. The van der Waals surface area contributed by atoms with Crippen LogP contribution in [0.2, 0.25) is 0 Å². The summed E-state index contributed by atoms with van der Waals surface area (Å²) in [5.41, 5.74) is 2.73. The van der Waals surface area contributed by atoms with Gasteiger partial charge in [0, 0.05) is 6.08 Å². The molecule has 1 aromatic carbocycles. The first-order valence-corrected chi connectivity index (χ1v) is 6.46. The number of aliphatic carboxylic acids is 1. The van der Waals surface area contributed by atoms with E-state index >= 15 is 0 Å². The molecule has 0 aliphatic heterocycles. The van der Waals surface area contributed by atoms with Crippen LogP contribution in [-0.2, 0) is 4.79 Å². The Labute approximate surface area is 125 Å². The number of rotatable bonds is 6. The van der Waals surface area contributed by atoms with Crippen molar-refractivity contribution in [3.63, 3.8) is 0 Å². The minimum Gasteiger partial charge on any atom is -0.493 e. The number of hydrogen-bond acceptors (Lipinski definition) is 3. The van der Waals surface area contributed by atoms with E-state index in [9.17, 15) is 4.79 Å². The number of carboxylic acids is 1. The maximum atomic E-state index is 10.5. The summed E-state index contributed by atoms with van der Waals surface area (Å²) in [6.45, 7) is 3.71. The number of ether oxygens (including phenoxy) is 2. The smallest absolute Gasteiger partial charge is 0.328 e. The van der Waals surface area contributed by atoms with Crippen LogP contribution in [0.4, 0.5) is 0 Å². The normalized spacial score (nSPS) is 12.6. The van der Waals surface area contributed by atoms with E-state index in [0.717, 1.165) is 17.2 Å². The first-order valence-electron chi connectivity index (χ1n) is 6.46. The van der Waals surface area contributed by atoms with E-state index in [2.05, 4.69) is 0 Å². The Hall–Kier alpha value is -2.49. The Morgan fingerprint density at radius 1 is 1.14 bits per heavy atom. The molecule has 0 heterocycles. The quantitative estimate of drug-likeness (QED) is 0.640. The van der Waals surface area contributed by atoms with Gasteiger partial charge in [-0.05, 0) is 42.7 Å². The highest BCUT2D eigenvalue weighted by Crippen LogP contribution is 2.30. The first kappa shape index (κ1) is 16.6. The zero-order valence-electron chi connectivity index (χ0n) is 12.7. The average molecular weight is 288 g/mol. The summed E-state index contributed by atoms with van der Waals surface area (Å²) in [5, 5.41) is 8.63. The van der Waals surface area contributed by atoms with E-state index in [1.165, 1.54) is 0 Å². The van der Waals surface area contributed by atoms with Crippen molar-refractivity contribution in [1.82, 2.24) is 0 Å². The molecule has 0 unspecified atom stereocenters. The predicted octanol–water partition coefficient (Wildman–Crippen LogP) is 3.69. The van der Waals surface area contributed by atoms with Gasteiger partial charge >= 0.3 is 5.97 Å². The number of carbonyl (C=O) groups is 1. The van der Waals surface area contributed by atoms with E-state index in [0.29, 0.717) is 17.1 Å². The van der Waals surface area contributed by atoms with Crippen molar-refractivity contribution in [3.05, 3.63) is 53.6 Å². The highest BCUT2D eigenvalue weighted by Gasteiger charge is 2.04. The molecule has 21 heavy (non-hydrogen) atoms.